The molecule has 0 radical (unpaired) electrons. The lowest BCUT2D eigenvalue weighted by molar-refractivity contribution is -0.151. The van der Waals surface area contributed by atoms with Crippen LogP contribution in [-0.2, 0) is 19.1 Å². The molecule has 0 fully saturated rings. The van der Waals surface area contributed by atoms with Crippen LogP contribution >= 0.6 is 0 Å². The van der Waals surface area contributed by atoms with Crippen molar-refractivity contribution in [1.82, 2.24) is 0 Å². The van der Waals surface area contributed by atoms with Crippen molar-refractivity contribution >= 4 is 11.9 Å². The smallest absolute Gasteiger partial charge is 0.334 e. The standard InChI is InChI=1S/C14H20O5/c1-13(2,3)19-11(15)9-6-7-10(18-5)14(4,8-9)12(16)17/h6-7H,8H2,1-5H3,(H,16,17). The quantitative estimate of drug-likeness (QED) is 0.795. The minimum absolute atomic E-state index is 0.0525. The van der Waals surface area contributed by atoms with E-state index in [0.717, 1.165) is 0 Å². The first-order valence-electron chi connectivity index (χ1n) is 6.02. The summed E-state index contributed by atoms with van der Waals surface area (Å²) in [4.78, 5) is 23.4. The summed E-state index contributed by atoms with van der Waals surface area (Å²) in [6.07, 6.45) is 3.12. The highest BCUT2D eigenvalue weighted by Crippen LogP contribution is 2.38. The number of carboxylic acids is 1. The molecule has 0 aliphatic heterocycles. The minimum Gasteiger partial charge on any atom is -0.500 e. The van der Waals surface area contributed by atoms with Crippen LogP contribution in [0.1, 0.15) is 34.1 Å². The largest absolute Gasteiger partial charge is 0.500 e. The number of hydrogen-bond acceptors (Lipinski definition) is 4. The molecule has 0 bridgehead atoms. The molecule has 0 heterocycles. The zero-order chi connectivity index (χ0) is 14.8. The van der Waals surface area contributed by atoms with Gasteiger partial charge in [0.15, 0.2) is 0 Å². The molecule has 1 aliphatic carbocycles. The van der Waals surface area contributed by atoms with Gasteiger partial charge in [0.25, 0.3) is 0 Å². The number of aliphatic carboxylic acids is 1. The summed E-state index contributed by atoms with van der Waals surface area (Å²) >= 11 is 0. The highest BCUT2D eigenvalue weighted by Gasteiger charge is 2.43. The van der Waals surface area contributed by atoms with Gasteiger partial charge in [0.2, 0.25) is 0 Å². The number of carboxylic acid groups (broad SMARTS) is 1. The monoisotopic (exact) mass is 268 g/mol. The van der Waals surface area contributed by atoms with Crippen molar-refractivity contribution in [2.45, 2.75) is 39.7 Å². The highest BCUT2D eigenvalue weighted by atomic mass is 16.6. The van der Waals surface area contributed by atoms with Crippen LogP contribution in [0, 0.1) is 5.41 Å². The normalized spacial score (nSPS) is 23.2. The fourth-order valence-electron chi connectivity index (χ4n) is 1.85. The molecule has 1 N–H and O–H groups in total. The molecule has 5 nitrogen and oxygen atoms in total. The van der Waals surface area contributed by atoms with E-state index in [9.17, 15) is 14.7 Å². The molecule has 19 heavy (non-hydrogen) atoms. The molecule has 1 aliphatic rings. The van der Waals surface area contributed by atoms with Gasteiger partial charge in [-0.25, -0.2) is 4.79 Å². The number of allylic oxidation sites excluding steroid dienone is 2. The topological polar surface area (TPSA) is 72.8 Å². The third-order valence-electron chi connectivity index (χ3n) is 2.88. The minimum atomic E-state index is -1.24. The van der Waals surface area contributed by atoms with Gasteiger partial charge < -0.3 is 14.6 Å². The summed E-state index contributed by atoms with van der Waals surface area (Å²) in [6, 6.07) is 0. The Morgan fingerprint density at radius 3 is 2.32 bits per heavy atom. The Morgan fingerprint density at radius 2 is 1.89 bits per heavy atom. The molecule has 0 saturated heterocycles. The number of methoxy groups -OCH3 is 1. The summed E-state index contributed by atoms with van der Waals surface area (Å²) in [5.74, 6) is -1.20. The maximum Gasteiger partial charge on any atom is 0.334 e. The van der Waals surface area contributed by atoms with E-state index in [1.54, 1.807) is 26.8 Å². The fraction of sp³-hybridized carbons (Fsp3) is 0.571. The number of carbonyl (C=O) groups is 2. The summed E-state index contributed by atoms with van der Waals surface area (Å²) in [5.41, 5.74) is -1.51. The van der Waals surface area contributed by atoms with Crippen molar-refractivity contribution in [3.05, 3.63) is 23.5 Å². The summed E-state index contributed by atoms with van der Waals surface area (Å²) in [6.45, 7) is 6.82. The maximum atomic E-state index is 12.0. The highest BCUT2D eigenvalue weighted by molar-refractivity contribution is 5.92. The van der Waals surface area contributed by atoms with Gasteiger partial charge in [0, 0.05) is 12.0 Å². The van der Waals surface area contributed by atoms with Crippen molar-refractivity contribution < 1.29 is 24.2 Å². The van der Waals surface area contributed by atoms with Crippen molar-refractivity contribution in [3.63, 3.8) is 0 Å². The predicted octanol–water partition coefficient (Wildman–Crippen LogP) is 2.28. The van der Waals surface area contributed by atoms with Crippen LogP contribution in [0.2, 0.25) is 0 Å². The lowest BCUT2D eigenvalue weighted by Crippen LogP contribution is -2.35. The van der Waals surface area contributed by atoms with E-state index in [1.165, 1.54) is 20.1 Å². The number of ether oxygens (including phenoxy) is 2. The van der Waals surface area contributed by atoms with E-state index >= 15 is 0 Å². The van der Waals surface area contributed by atoms with E-state index in [-0.39, 0.29) is 6.42 Å². The second-order valence-electron chi connectivity index (χ2n) is 5.74. The third-order valence-corrected chi connectivity index (χ3v) is 2.88. The summed E-state index contributed by atoms with van der Waals surface area (Å²) < 4.78 is 10.3. The molecule has 0 aromatic heterocycles. The Hall–Kier alpha value is -1.78. The number of carbonyl (C=O) groups excluding carboxylic acids is 1. The molecule has 0 spiro atoms. The third kappa shape index (κ3) is 3.36. The van der Waals surface area contributed by atoms with Crippen LogP contribution in [0.15, 0.2) is 23.5 Å². The van der Waals surface area contributed by atoms with Gasteiger partial charge in [0.1, 0.15) is 16.8 Å². The molecule has 1 atom stereocenters. The second kappa shape index (κ2) is 5.07. The summed E-state index contributed by atoms with van der Waals surface area (Å²) in [7, 11) is 1.42. The van der Waals surface area contributed by atoms with Crippen LogP contribution in [-0.4, -0.2) is 29.8 Å². The average molecular weight is 268 g/mol. The molecule has 1 unspecified atom stereocenters. The first-order valence-corrected chi connectivity index (χ1v) is 6.02. The predicted molar refractivity (Wildman–Crippen MR) is 69.4 cm³/mol. The van der Waals surface area contributed by atoms with E-state index in [0.29, 0.717) is 11.3 Å². The number of esters is 1. The van der Waals surface area contributed by atoms with Gasteiger partial charge in [-0.15, -0.1) is 0 Å². The van der Waals surface area contributed by atoms with Gasteiger partial charge in [-0.3, -0.25) is 4.79 Å². The molecular weight excluding hydrogens is 248 g/mol. The van der Waals surface area contributed by atoms with Crippen LogP contribution in [0.4, 0.5) is 0 Å². The molecule has 0 aromatic rings. The molecule has 5 heteroatoms. The van der Waals surface area contributed by atoms with Crippen molar-refractivity contribution in [2.75, 3.05) is 7.11 Å². The second-order valence-corrected chi connectivity index (χ2v) is 5.74. The molecule has 0 aromatic carbocycles. The van der Waals surface area contributed by atoms with Crippen LogP contribution < -0.4 is 0 Å². The molecule has 0 saturated carbocycles. The lowest BCUT2D eigenvalue weighted by atomic mass is 9.78. The van der Waals surface area contributed by atoms with Gasteiger partial charge in [-0.2, -0.15) is 0 Å². The Balaban J connectivity index is 3.02. The molecule has 1 rings (SSSR count). The van der Waals surface area contributed by atoms with Gasteiger partial charge in [-0.05, 0) is 39.8 Å². The van der Waals surface area contributed by atoms with E-state index < -0.39 is 23.0 Å². The van der Waals surface area contributed by atoms with Crippen LogP contribution in [0.25, 0.3) is 0 Å². The van der Waals surface area contributed by atoms with Crippen molar-refractivity contribution in [1.29, 1.82) is 0 Å². The Kier molecular flexibility index (Phi) is 4.08. The van der Waals surface area contributed by atoms with E-state index in [4.69, 9.17) is 9.47 Å². The fourth-order valence-corrected chi connectivity index (χ4v) is 1.85. The van der Waals surface area contributed by atoms with Gasteiger partial charge in [-0.1, -0.05) is 0 Å². The molecule has 0 amide bonds. The summed E-state index contributed by atoms with van der Waals surface area (Å²) in [5, 5.41) is 9.33. The molecular formula is C14H20O5. The number of hydrogen-bond donors (Lipinski definition) is 1. The first-order chi connectivity index (χ1) is 8.60. The van der Waals surface area contributed by atoms with Crippen molar-refractivity contribution in [2.24, 2.45) is 5.41 Å². The lowest BCUT2D eigenvalue weighted by Gasteiger charge is -2.30. The van der Waals surface area contributed by atoms with Gasteiger partial charge in [0.05, 0.1) is 7.11 Å². The Bertz CT molecular complexity index is 453. The van der Waals surface area contributed by atoms with E-state index in [1.807, 2.05) is 0 Å². The number of rotatable bonds is 3. The maximum absolute atomic E-state index is 12.0. The van der Waals surface area contributed by atoms with Crippen LogP contribution in [0.3, 0.4) is 0 Å². The first kappa shape index (κ1) is 15.3. The van der Waals surface area contributed by atoms with Crippen molar-refractivity contribution in [3.8, 4) is 0 Å². The van der Waals surface area contributed by atoms with Crippen LogP contribution in [0.5, 0.6) is 0 Å². The van der Waals surface area contributed by atoms with E-state index in [2.05, 4.69) is 0 Å². The average Bonchev–Trinajstić information content (AvgIpc) is 2.26. The zero-order valence-electron chi connectivity index (χ0n) is 11.9. The Morgan fingerprint density at radius 1 is 1.32 bits per heavy atom. The Labute approximate surface area is 112 Å². The zero-order valence-corrected chi connectivity index (χ0v) is 11.9. The molecule has 106 valence electrons. The SMILES string of the molecule is COC1=CC=C(C(=O)OC(C)(C)C)CC1(C)C(=O)O. The van der Waals surface area contributed by atoms with Gasteiger partial charge >= 0.3 is 11.9 Å².